The Morgan fingerprint density at radius 2 is 1.79 bits per heavy atom. The molecule has 2 aromatic carbocycles. The first-order chi connectivity index (χ1) is 11.5. The molecule has 7 heteroatoms. The van der Waals surface area contributed by atoms with Crippen LogP contribution in [0.5, 0.6) is 5.75 Å². The number of hydrogen-bond donors (Lipinski definition) is 2. The Morgan fingerprint density at radius 3 is 2.42 bits per heavy atom. The Labute approximate surface area is 144 Å². The van der Waals surface area contributed by atoms with Crippen LogP contribution in [0.15, 0.2) is 42.5 Å². The molecule has 0 saturated heterocycles. The van der Waals surface area contributed by atoms with Crippen molar-refractivity contribution in [1.82, 2.24) is 0 Å². The third-order valence-electron chi connectivity index (χ3n) is 3.30. The van der Waals surface area contributed by atoms with Gasteiger partial charge in [0.05, 0.1) is 7.05 Å². The molecule has 0 aliphatic rings. The van der Waals surface area contributed by atoms with Gasteiger partial charge in [0.1, 0.15) is 36.2 Å². The van der Waals surface area contributed by atoms with Gasteiger partial charge in [-0.25, -0.2) is 8.78 Å². The molecule has 2 N–H and O–H groups in total. The molecule has 2 rings (SSSR count). The molecule has 2 aromatic rings. The van der Waals surface area contributed by atoms with Crippen molar-refractivity contribution in [3.05, 3.63) is 59.1 Å². The molecular formula is C17H18ClF2N2O2+. The van der Waals surface area contributed by atoms with Crippen molar-refractivity contribution in [3.8, 4) is 5.75 Å². The van der Waals surface area contributed by atoms with Crippen LogP contribution in [0.3, 0.4) is 0 Å². The first kappa shape index (κ1) is 18.2. The molecule has 1 amide bonds. The smallest absolute Gasteiger partial charge is 0.279 e. The monoisotopic (exact) mass is 355 g/mol. The topological polar surface area (TPSA) is 42.8 Å². The maximum absolute atomic E-state index is 13.5. The summed E-state index contributed by atoms with van der Waals surface area (Å²) in [7, 11) is 1.79. The Morgan fingerprint density at radius 1 is 1.17 bits per heavy atom. The zero-order valence-corrected chi connectivity index (χ0v) is 13.9. The summed E-state index contributed by atoms with van der Waals surface area (Å²) < 4.78 is 32.5. The van der Waals surface area contributed by atoms with Gasteiger partial charge in [0.25, 0.3) is 5.91 Å². The van der Waals surface area contributed by atoms with Crippen LogP contribution in [0.4, 0.5) is 14.5 Å². The first-order valence-electron chi connectivity index (χ1n) is 7.39. The summed E-state index contributed by atoms with van der Waals surface area (Å²) in [6.07, 6.45) is 0. The fourth-order valence-electron chi connectivity index (χ4n) is 2.04. The fraction of sp³-hybridized carbons (Fsp3) is 0.235. The van der Waals surface area contributed by atoms with E-state index in [0.29, 0.717) is 23.9 Å². The van der Waals surface area contributed by atoms with Gasteiger partial charge in [-0.05, 0) is 36.4 Å². The molecule has 0 aliphatic carbocycles. The minimum absolute atomic E-state index is 0.0672. The lowest BCUT2D eigenvalue weighted by molar-refractivity contribution is -0.871. The van der Waals surface area contributed by atoms with Crippen LogP contribution in [-0.2, 0) is 4.79 Å². The number of ether oxygens (including phenoxy) is 1. The number of nitrogens with one attached hydrogen (secondary N) is 2. The van der Waals surface area contributed by atoms with Crippen LogP contribution < -0.4 is 15.0 Å². The van der Waals surface area contributed by atoms with E-state index in [1.165, 1.54) is 6.07 Å². The van der Waals surface area contributed by atoms with Gasteiger partial charge in [0.2, 0.25) is 0 Å². The summed E-state index contributed by atoms with van der Waals surface area (Å²) in [6.45, 7) is 1.02. The summed E-state index contributed by atoms with van der Waals surface area (Å²) in [5, 5.41) is 2.89. The van der Waals surface area contributed by atoms with Crippen LogP contribution in [0.25, 0.3) is 0 Å². The van der Waals surface area contributed by atoms with E-state index in [-0.39, 0.29) is 6.54 Å². The Hall–Kier alpha value is -2.18. The molecule has 0 saturated carbocycles. The Bertz CT molecular complexity index is 675. The predicted octanol–water partition coefficient (Wildman–Crippen LogP) is 2.15. The van der Waals surface area contributed by atoms with E-state index < -0.39 is 23.2 Å². The van der Waals surface area contributed by atoms with Crippen molar-refractivity contribution < 1.29 is 23.2 Å². The third kappa shape index (κ3) is 5.47. The van der Waals surface area contributed by atoms with E-state index in [2.05, 4.69) is 5.32 Å². The summed E-state index contributed by atoms with van der Waals surface area (Å²) in [5.41, 5.74) is -0.423. The highest BCUT2D eigenvalue weighted by Crippen LogP contribution is 2.17. The van der Waals surface area contributed by atoms with Crippen molar-refractivity contribution in [2.75, 3.05) is 32.1 Å². The summed E-state index contributed by atoms with van der Waals surface area (Å²) in [5.74, 6) is -1.38. The van der Waals surface area contributed by atoms with Gasteiger partial charge in [-0.1, -0.05) is 17.7 Å². The summed E-state index contributed by atoms with van der Waals surface area (Å²) >= 11 is 5.78. The highest BCUT2D eigenvalue weighted by Gasteiger charge is 2.15. The number of carbonyl (C=O) groups is 1. The van der Waals surface area contributed by atoms with Gasteiger partial charge in [-0.15, -0.1) is 0 Å². The average molecular weight is 356 g/mol. The fourth-order valence-corrected chi connectivity index (χ4v) is 2.16. The quantitative estimate of drug-likeness (QED) is 0.799. The molecule has 0 heterocycles. The lowest BCUT2D eigenvalue weighted by Crippen LogP contribution is -3.10. The number of halogens is 3. The van der Waals surface area contributed by atoms with Crippen molar-refractivity contribution in [1.29, 1.82) is 0 Å². The molecule has 1 unspecified atom stereocenters. The highest BCUT2D eigenvalue weighted by atomic mass is 35.5. The molecule has 0 aliphatic heterocycles. The van der Waals surface area contributed by atoms with Gasteiger partial charge >= 0.3 is 0 Å². The number of para-hydroxylation sites is 1. The van der Waals surface area contributed by atoms with Gasteiger partial charge in [-0.3, -0.25) is 4.79 Å². The van der Waals surface area contributed by atoms with Crippen LogP contribution in [-0.4, -0.2) is 32.7 Å². The summed E-state index contributed by atoms with van der Waals surface area (Å²) in [4.78, 5) is 12.7. The normalized spacial score (nSPS) is 11.8. The van der Waals surface area contributed by atoms with Gasteiger partial charge in [-0.2, -0.15) is 0 Å². The second-order valence-electron chi connectivity index (χ2n) is 5.33. The number of amides is 1. The number of carbonyl (C=O) groups excluding carboxylic acids is 1. The Kier molecular flexibility index (Phi) is 6.52. The van der Waals surface area contributed by atoms with E-state index in [9.17, 15) is 13.6 Å². The molecule has 0 fully saturated rings. The number of likely N-dealkylation sites (N-methyl/N-ethyl adjacent to an activating group) is 1. The van der Waals surface area contributed by atoms with Gasteiger partial charge < -0.3 is 15.0 Å². The molecule has 128 valence electrons. The molecule has 24 heavy (non-hydrogen) atoms. The van der Waals surface area contributed by atoms with Crippen LogP contribution in [0.1, 0.15) is 0 Å². The van der Waals surface area contributed by atoms with Crippen LogP contribution >= 0.6 is 11.6 Å². The molecular weight excluding hydrogens is 338 g/mol. The lowest BCUT2D eigenvalue weighted by Gasteiger charge is -2.15. The molecule has 0 spiro atoms. The van der Waals surface area contributed by atoms with Crippen LogP contribution in [0.2, 0.25) is 5.02 Å². The average Bonchev–Trinajstić information content (AvgIpc) is 2.53. The largest absolute Gasteiger partial charge is 0.488 e. The standard InChI is InChI=1S/C17H17ClF2N2O2/c1-22(9-10-24-13-7-5-12(18)6-8-13)11-16(23)21-17-14(19)3-2-4-15(17)20/h2-8H,9-11H2,1H3,(H,21,23)/p+1. The second kappa shape index (κ2) is 8.61. The van der Waals surface area contributed by atoms with E-state index in [0.717, 1.165) is 17.0 Å². The van der Waals surface area contributed by atoms with Crippen LogP contribution in [0, 0.1) is 11.6 Å². The molecule has 0 aromatic heterocycles. The predicted molar refractivity (Wildman–Crippen MR) is 88.6 cm³/mol. The second-order valence-corrected chi connectivity index (χ2v) is 5.77. The molecule has 0 radical (unpaired) electrons. The minimum atomic E-state index is -0.799. The zero-order chi connectivity index (χ0) is 17.5. The van der Waals surface area contributed by atoms with Crippen molar-refractivity contribution in [3.63, 3.8) is 0 Å². The first-order valence-corrected chi connectivity index (χ1v) is 7.77. The number of anilines is 1. The lowest BCUT2D eigenvalue weighted by atomic mass is 10.3. The number of quaternary nitrogens is 1. The molecule has 0 bridgehead atoms. The van der Waals surface area contributed by atoms with Gasteiger partial charge in [0.15, 0.2) is 6.54 Å². The molecule has 4 nitrogen and oxygen atoms in total. The molecule has 1 atom stereocenters. The summed E-state index contributed by atoms with van der Waals surface area (Å²) in [6, 6.07) is 10.4. The number of hydrogen-bond acceptors (Lipinski definition) is 2. The van der Waals surface area contributed by atoms with E-state index in [1.807, 2.05) is 0 Å². The van der Waals surface area contributed by atoms with Crippen molar-refractivity contribution >= 4 is 23.2 Å². The maximum Gasteiger partial charge on any atom is 0.279 e. The third-order valence-corrected chi connectivity index (χ3v) is 3.55. The van der Waals surface area contributed by atoms with E-state index in [1.54, 1.807) is 31.3 Å². The number of rotatable bonds is 7. The van der Waals surface area contributed by atoms with Gasteiger partial charge in [0, 0.05) is 5.02 Å². The van der Waals surface area contributed by atoms with E-state index in [4.69, 9.17) is 16.3 Å². The van der Waals surface area contributed by atoms with Crippen molar-refractivity contribution in [2.45, 2.75) is 0 Å². The number of benzene rings is 2. The zero-order valence-electron chi connectivity index (χ0n) is 13.1. The Balaban J connectivity index is 1.76. The minimum Gasteiger partial charge on any atom is -0.488 e. The highest BCUT2D eigenvalue weighted by molar-refractivity contribution is 6.30. The maximum atomic E-state index is 13.5. The van der Waals surface area contributed by atoms with Crippen molar-refractivity contribution in [2.24, 2.45) is 0 Å². The van der Waals surface area contributed by atoms with E-state index >= 15 is 0 Å². The SMILES string of the molecule is C[NH+](CCOc1ccc(Cl)cc1)CC(=O)Nc1c(F)cccc1F.